The number of fused-ring (bicyclic) bond motifs is 1. The lowest BCUT2D eigenvalue weighted by molar-refractivity contribution is -0.117. The molecule has 1 aromatic heterocycles. The smallest absolute Gasteiger partial charge is 0.237 e. The van der Waals surface area contributed by atoms with Crippen molar-refractivity contribution in [1.29, 1.82) is 0 Å². The molecule has 2 aliphatic carbocycles. The average molecular weight is 403 g/mol. The Bertz CT molecular complexity index is 878. The number of rotatable bonds is 6. The molecule has 27 heavy (non-hydrogen) atoms. The number of aromatic nitrogens is 2. The van der Waals surface area contributed by atoms with Crippen molar-refractivity contribution in [2.45, 2.75) is 61.6 Å². The Kier molecular flexibility index (Phi) is 5.19. The number of aryl methyl sites for hydroxylation is 2. The first-order valence-corrected chi connectivity index (χ1v) is 10.9. The zero-order chi connectivity index (χ0) is 19.0. The summed E-state index contributed by atoms with van der Waals surface area (Å²) in [6.45, 7) is 3.41. The van der Waals surface area contributed by atoms with Gasteiger partial charge in [0.2, 0.25) is 16.9 Å². The Morgan fingerprint density at radius 3 is 2.78 bits per heavy atom. The highest BCUT2D eigenvalue weighted by atomic mass is 32.2. The first-order chi connectivity index (χ1) is 13.0. The van der Waals surface area contributed by atoms with Gasteiger partial charge in [-0.2, -0.15) is 0 Å². The molecule has 0 spiro atoms. The first kappa shape index (κ1) is 18.4. The Balaban J connectivity index is 1.38. The van der Waals surface area contributed by atoms with Crippen LogP contribution in [0.3, 0.4) is 0 Å². The summed E-state index contributed by atoms with van der Waals surface area (Å²) >= 11 is 2.75. The van der Waals surface area contributed by atoms with Crippen LogP contribution in [0.25, 0.3) is 0 Å². The molecule has 0 aliphatic heterocycles. The maximum absolute atomic E-state index is 12.5. The number of benzene rings is 1. The number of hydrogen-bond donors (Lipinski definition) is 1. The Hall–Kier alpha value is -1.93. The van der Waals surface area contributed by atoms with Crippen LogP contribution in [-0.2, 0) is 22.4 Å². The van der Waals surface area contributed by atoms with Gasteiger partial charge in [0, 0.05) is 18.7 Å². The number of anilines is 2. The fourth-order valence-corrected chi connectivity index (χ4v) is 5.43. The highest BCUT2D eigenvalue weighted by Crippen LogP contribution is 2.37. The molecular formula is C19H22N4O2S2. The minimum absolute atomic E-state index is 0.00685. The van der Waals surface area contributed by atoms with E-state index in [9.17, 15) is 9.59 Å². The van der Waals surface area contributed by atoms with Crippen LogP contribution < -0.4 is 10.2 Å². The summed E-state index contributed by atoms with van der Waals surface area (Å²) in [5, 5.41) is 11.6. The molecule has 0 saturated heterocycles. The Morgan fingerprint density at radius 2 is 2.04 bits per heavy atom. The number of carbonyl (C=O) groups is 2. The number of amides is 2. The minimum Gasteiger partial charge on any atom is -0.325 e. The molecule has 2 aromatic rings. The molecule has 1 heterocycles. The molecule has 0 bridgehead atoms. The first-order valence-electron chi connectivity index (χ1n) is 9.24. The van der Waals surface area contributed by atoms with Crippen molar-refractivity contribution in [3.05, 3.63) is 29.3 Å². The van der Waals surface area contributed by atoms with Crippen molar-refractivity contribution in [3.63, 3.8) is 0 Å². The molecule has 1 fully saturated rings. The fourth-order valence-electron chi connectivity index (χ4n) is 3.33. The standard InChI is InChI=1S/C19H22N4O2S2/c1-11(17(25)20-15-7-6-13-4-3-5-14(13)10-15)26-19-22-21-18(27-19)23(12(2)24)16-8-9-16/h6-7,10-11,16H,3-5,8-9H2,1-2H3,(H,20,25). The predicted octanol–water partition coefficient (Wildman–Crippen LogP) is 3.66. The summed E-state index contributed by atoms with van der Waals surface area (Å²) in [6, 6.07) is 6.43. The number of hydrogen-bond acceptors (Lipinski definition) is 6. The van der Waals surface area contributed by atoms with E-state index in [1.54, 1.807) is 11.8 Å². The van der Waals surface area contributed by atoms with Crippen LogP contribution in [-0.4, -0.2) is 33.3 Å². The zero-order valence-corrected chi connectivity index (χ0v) is 17.0. The van der Waals surface area contributed by atoms with E-state index in [1.165, 1.54) is 40.6 Å². The molecule has 1 unspecified atom stereocenters. The van der Waals surface area contributed by atoms with E-state index in [2.05, 4.69) is 27.6 Å². The van der Waals surface area contributed by atoms with Gasteiger partial charge in [0.15, 0.2) is 4.34 Å². The second kappa shape index (κ2) is 7.59. The molecule has 4 rings (SSSR count). The van der Waals surface area contributed by atoms with Crippen LogP contribution in [0.15, 0.2) is 22.5 Å². The second-order valence-electron chi connectivity index (χ2n) is 7.06. The van der Waals surface area contributed by atoms with E-state index in [0.29, 0.717) is 9.47 Å². The van der Waals surface area contributed by atoms with E-state index >= 15 is 0 Å². The van der Waals surface area contributed by atoms with Crippen molar-refractivity contribution in [1.82, 2.24) is 10.2 Å². The summed E-state index contributed by atoms with van der Waals surface area (Å²) < 4.78 is 0.702. The van der Waals surface area contributed by atoms with Gasteiger partial charge in [-0.15, -0.1) is 10.2 Å². The lowest BCUT2D eigenvalue weighted by Crippen LogP contribution is -2.30. The van der Waals surface area contributed by atoms with Crippen molar-refractivity contribution in [3.8, 4) is 0 Å². The van der Waals surface area contributed by atoms with Gasteiger partial charge in [-0.3, -0.25) is 14.5 Å². The third-order valence-corrected chi connectivity index (χ3v) is 6.97. The van der Waals surface area contributed by atoms with Gasteiger partial charge >= 0.3 is 0 Å². The summed E-state index contributed by atoms with van der Waals surface area (Å²) in [7, 11) is 0. The lowest BCUT2D eigenvalue weighted by atomic mass is 10.1. The van der Waals surface area contributed by atoms with Crippen LogP contribution in [0.4, 0.5) is 10.8 Å². The molecule has 1 aromatic carbocycles. The van der Waals surface area contributed by atoms with Gasteiger partial charge in [-0.1, -0.05) is 29.2 Å². The molecule has 1 N–H and O–H groups in total. The van der Waals surface area contributed by atoms with Gasteiger partial charge in [-0.25, -0.2) is 0 Å². The van der Waals surface area contributed by atoms with Crippen molar-refractivity contribution in [2.24, 2.45) is 0 Å². The van der Waals surface area contributed by atoms with Gasteiger partial charge in [0.1, 0.15) is 0 Å². The summed E-state index contributed by atoms with van der Waals surface area (Å²) in [5.74, 6) is -0.0621. The quantitative estimate of drug-likeness (QED) is 0.589. The zero-order valence-electron chi connectivity index (χ0n) is 15.4. The van der Waals surface area contributed by atoms with E-state index in [-0.39, 0.29) is 23.1 Å². The normalized spacial score (nSPS) is 16.7. The topological polar surface area (TPSA) is 75.2 Å². The van der Waals surface area contributed by atoms with Gasteiger partial charge in [0.05, 0.1) is 5.25 Å². The number of carbonyl (C=O) groups excluding carboxylic acids is 2. The summed E-state index contributed by atoms with van der Waals surface area (Å²) in [4.78, 5) is 26.1. The van der Waals surface area contributed by atoms with Crippen LogP contribution in [0.5, 0.6) is 0 Å². The minimum atomic E-state index is -0.300. The molecule has 1 atom stereocenters. The average Bonchev–Trinajstić information content (AvgIpc) is 3.15. The molecule has 2 aliphatic rings. The molecule has 2 amide bonds. The third kappa shape index (κ3) is 4.16. The maximum atomic E-state index is 12.5. The Labute approximate surface area is 166 Å². The van der Waals surface area contributed by atoms with Crippen molar-refractivity contribution < 1.29 is 9.59 Å². The molecule has 1 saturated carbocycles. The number of nitrogens with zero attached hydrogens (tertiary/aromatic N) is 3. The van der Waals surface area contributed by atoms with E-state index in [1.807, 2.05) is 13.0 Å². The van der Waals surface area contributed by atoms with Crippen molar-refractivity contribution >= 4 is 45.7 Å². The monoisotopic (exact) mass is 402 g/mol. The molecular weight excluding hydrogens is 380 g/mol. The summed E-state index contributed by atoms with van der Waals surface area (Å²) in [6.07, 6.45) is 5.44. The second-order valence-corrected chi connectivity index (χ2v) is 9.60. The predicted molar refractivity (Wildman–Crippen MR) is 109 cm³/mol. The largest absolute Gasteiger partial charge is 0.325 e. The van der Waals surface area contributed by atoms with Gasteiger partial charge in [0.25, 0.3) is 0 Å². The van der Waals surface area contributed by atoms with Crippen LogP contribution in [0, 0.1) is 0 Å². The van der Waals surface area contributed by atoms with E-state index in [4.69, 9.17) is 0 Å². The number of nitrogens with one attached hydrogen (secondary N) is 1. The van der Waals surface area contributed by atoms with Gasteiger partial charge in [-0.05, 0) is 62.3 Å². The molecule has 0 radical (unpaired) electrons. The maximum Gasteiger partial charge on any atom is 0.237 e. The number of thioether (sulfide) groups is 1. The third-order valence-electron chi connectivity index (χ3n) is 4.87. The van der Waals surface area contributed by atoms with E-state index < -0.39 is 0 Å². The van der Waals surface area contributed by atoms with Gasteiger partial charge < -0.3 is 5.32 Å². The summed E-state index contributed by atoms with van der Waals surface area (Å²) in [5.41, 5.74) is 3.58. The Morgan fingerprint density at radius 1 is 1.26 bits per heavy atom. The SMILES string of the molecule is CC(=O)N(c1nnc(SC(C)C(=O)Nc2ccc3c(c2)CCC3)s1)C1CC1. The highest BCUT2D eigenvalue weighted by Gasteiger charge is 2.34. The highest BCUT2D eigenvalue weighted by molar-refractivity contribution is 8.02. The van der Waals surface area contributed by atoms with E-state index in [0.717, 1.165) is 31.4 Å². The fraction of sp³-hybridized carbons (Fsp3) is 0.474. The molecule has 142 valence electrons. The van der Waals surface area contributed by atoms with Crippen LogP contribution in [0.1, 0.15) is 44.2 Å². The molecule has 8 heteroatoms. The lowest BCUT2D eigenvalue weighted by Gasteiger charge is -2.15. The van der Waals surface area contributed by atoms with Crippen molar-refractivity contribution in [2.75, 3.05) is 10.2 Å². The molecule has 6 nitrogen and oxygen atoms in total. The van der Waals surface area contributed by atoms with Crippen LogP contribution >= 0.6 is 23.1 Å². The van der Waals surface area contributed by atoms with Crippen LogP contribution in [0.2, 0.25) is 0 Å².